The fourth-order valence-corrected chi connectivity index (χ4v) is 9.21. The number of hydrogen-bond donors (Lipinski definition) is 1. The summed E-state index contributed by atoms with van der Waals surface area (Å²) in [4.78, 5) is 5.35. The number of aliphatic imine (C=N–C) groups is 1. The number of anilines is 1. The Balaban J connectivity index is 1.06. The van der Waals surface area contributed by atoms with E-state index in [-0.39, 0.29) is 0 Å². The summed E-state index contributed by atoms with van der Waals surface area (Å²) in [5.41, 5.74) is 13.7. The van der Waals surface area contributed by atoms with Crippen molar-refractivity contribution >= 4 is 65.5 Å². The van der Waals surface area contributed by atoms with Crippen molar-refractivity contribution in [2.75, 3.05) is 12.4 Å². The number of aromatic nitrogens is 1. The summed E-state index contributed by atoms with van der Waals surface area (Å²) in [6, 6.07) is 76.8. The zero-order chi connectivity index (χ0) is 40.0. The van der Waals surface area contributed by atoms with Gasteiger partial charge in [0.05, 0.1) is 23.3 Å². The molecule has 1 N–H and O–H groups in total. The van der Waals surface area contributed by atoms with E-state index in [4.69, 9.17) is 4.99 Å². The van der Waals surface area contributed by atoms with Gasteiger partial charge in [0.1, 0.15) is 0 Å². The molecule has 0 bridgehead atoms. The van der Waals surface area contributed by atoms with E-state index in [2.05, 4.69) is 222 Å². The zero-order valence-corrected chi connectivity index (χ0v) is 33.3. The molecule has 284 valence electrons. The standard InChI is InChI=1S/C57H41N3/c1-58-52-25-12-11-23-50(52)57(43-30-28-40(29-31-43)39-14-3-2-4-15-39)59-37-38-26-33-44(34-27-38)60-53-35-32-42-17-6-8-20-46(42)55(53)56-49-22-10-9-21-48(49)51(36-54(56)60)47-24-13-18-41-16-5-7-19-45(41)47/h2-36,58H,37H2,1H3/b59-57-. The Kier molecular flexibility index (Phi) is 8.78. The normalized spacial score (nSPS) is 11.9. The van der Waals surface area contributed by atoms with E-state index in [9.17, 15) is 0 Å². The second-order valence-corrected chi connectivity index (χ2v) is 15.5. The van der Waals surface area contributed by atoms with Gasteiger partial charge in [-0.2, -0.15) is 0 Å². The minimum absolute atomic E-state index is 0.543. The third kappa shape index (κ3) is 6.02. The first-order chi connectivity index (χ1) is 29.7. The van der Waals surface area contributed by atoms with Crippen LogP contribution in [0.1, 0.15) is 16.7 Å². The molecule has 0 saturated heterocycles. The highest BCUT2D eigenvalue weighted by Crippen LogP contribution is 2.45. The number of rotatable bonds is 8. The molecule has 0 amide bonds. The Hall–Kier alpha value is -7.75. The van der Waals surface area contributed by atoms with Gasteiger partial charge in [0.25, 0.3) is 0 Å². The summed E-state index contributed by atoms with van der Waals surface area (Å²) in [7, 11) is 1.97. The maximum Gasteiger partial charge on any atom is 0.0743 e. The van der Waals surface area contributed by atoms with Crippen LogP contribution in [0, 0.1) is 0 Å². The van der Waals surface area contributed by atoms with Crippen molar-refractivity contribution in [1.82, 2.24) is 4.57 Å². The van der Waals surface area contributed by atoms with Gasteiger partial charge >= 0.3 is 0 Å². The van der Waals surface area contributed by atoms with E-state index in [0.717, 1.165) is 33.8 Å². The maximum absolute atomic E-state index is 5.35. The van der Waals surface area contributed by atoms with Crippen LogP contribution in [0.3, 0.4) is 0 Å². The monoisotopic (exact) mass is 767 g/mol. The predicted octanol–water partition coefficient (Wildman–Crippen LogP) is 14.7. The molecule has 0 aliphatic rings. The molecule has 0 spiro atoms. The molecule has 1 aromatic heterocycles. The third-order valence-corrected chi connectivity index (χ3v) is 12.1. The molecule has 10 aromatic carbocycles. The highest BCUT2D eigenvalue weighted by Gasteiger charge is 2.20. The van der Waals surface area contributed by atoms with Gasteiger partial charge in [-0.25, -0.2) is 0 Å². The SMILES string of the molecule is CNc1ccccc1/C(=N\Cc1ccc(-n2c3ccc4ccccc4c3c3c4ccccc4c(-c4cccc5ccccc45)cc32)cc1)c1ccc(-c2ccccc2)cc1. The largest absolute Gasteiger partial charge is 0.388 e. The average molecular weight is 768 g/mol. The van der Waals surface area contributed by atoms with E-state index in [1.807, 2.05) is 7.05 Å². The Morgan fingerprint density at radius 1 is 0.467 bits per heavy atom. The molecule has 0 aliphatic carbocycles. The lowest BCUT2D eigenvalue weighted by Gasteiger charge is -2.14. The van der Waals surface area contributed by atoms with Crippen LogP contribution >= 0.6 is 0 Å². The highest BCUT2D eigenvalue weighted by molar-refractivity contribution is 6.30. The van der Waals surface area contributed by atoms with Crippen molar-refractivity contribution in [3.63, 3.8) is 0 Å². The number of benzene rings is 10. The molecule has 1 heterocycles. The molecule has 0 saturated carbocycles. The number of fused-ring (bicyclic) bond motifs is 8. The first-order valence-electron chi connectivity index (χ1n) is 20.7. The first kappa shape index (κ1) is 35.4. The first-order valence-corrected chi connectivity index (χ1v) is 20.7. The smallest absolute Gasteiger partial charge is 0.0743 e. The van der Waals surface area contributed by atoms with Crippen molar-refractivity contribution < 1.29 is 0 Å². The van der Waals surface area contributed by atoms with Crippen molar-refractivity contribution in [3.05, 3.63) is 229 Å². The summed E-state index contributed by atoms with van der Waals surface area (Å²) in [6.07, 6.45) is 0. The van der Waals surface area contributed by atoms with Gasteiger partial charge in [0.15, 0.2) is 0 Å². The lowest BCUT2D eigenvalue weighted by Crippen LogP contribution is -2.08. The summed E-state index contributed by atoms with van der Waals surface area (Å²) < 4.78 is 2.47. The van der Waals surface area contributed by atoms with Crippen molar-refractivity contribution in [2.24, 2.45) is 4.99 Å². The van der Waals surface area contributed by atoms with Gasteiger partial charge in [-0.3, -0.25) is 4.99 Å². The summed E-state index contributed by atoms with van der Waals surface area (Å²) in [5.74, 6) is 0. The summed E-state index contributed by atoms with van der Waals surface area (Å²) in [5, 5.41) is 13.5. The number of nitrogens with one attached hydrogen (secondary N) is 1. The van der Waals surface area contributed by atoms with Crippen LogP contribution in [-0.4, -0.2) is 17.3 Å². The summed E-state index contributed by atoms with van der Waals surface area (Å²) >= 11 is 0. The van der Waals surface area contributed by atoms with Gasteiger partial charge in [-0.15, -0.1) is 0 Å². The van der Waals surface area contributed by atoms with Gasteiger partial charge in [-0.05, 0) is 90.5 Å². The van der Waals surface area contributed by atoms with Crippen LogP contribution in [0.5, 0.6) is 0 Å². The Labute approximate surface area is 349 Å². The van der Waals surface area contributed by atoms with E-state index in [1.54, 1.807) is 0 Å². The van der Waals surface area contributed by atoms with Crippen molar-refractivity contribution in [2.45, 2.75) is 6.54 Å². The molecular formula is C57H41N3. The van der Waals surface area contributed by atoms with Gasteiger partial charge < -0.3 is 9.88 Å². The highest BCUT2D eigenvalue weighted by atomic mass is 15.0. The minimum Gasteiger partial charge on any atom is -0.388 e. The summed E-state index contributed by atoms with van der Waals surface area (Å²) in [6.45, 7) is 0.543. The molecule has 0 fully saturated rings. The molecule has 3 nitrogen and oxygen atoms in total. The molecule has 3 heteroatoms. The molecule has 0 aliphatic heterocycles. The van der Waals surface area contributed by atoms with E-state index in [1.165, 1.54) is 76.4 Å². The zero-order valence-electron chi connectivity index (χ0n) is 33.3. The lowest BCUT2D eigenvalue weighted by molar-refractivity contribution is 1.06. The van der Waals surface area contributed by atoms with E-state index < -0.39 is 0 Å². The predicted molar refractivity (Wildman–Crippen MR) is 256 cm³/mol. The topological polar surface area (TPSA) is 29.3 Å². The molecule has 0 unspecified atom stereocenters. The molecule has 11 aromatic rings. The van der Waals surface area contributed by atoms with E-state index >= 15 is 0 Å². The lowest BCUT2D eigenvalue weighted by atomic mass is 9.91. The molecular weight excluding hydrogens is 727 g/mol. The van der Waals surface area contributed by atoms with Crippen molar-refractivity contribution in [1.29, 1.82) is 0 Å². The number of nitrogens with zero attached hydrogens (tertiary/aromatic N) is 2. The molecule has 0 radical (unpaired) electrons. The quantitative estimate of drug-likeness (QED) is 0.153. The van der Waals surface area contributed by atoms with Crippen LogP contribution in [0.15, 0.2) is 217 Å². The molecule has 60 heavy (non-hydrogen) atoms. The van der Waals surface area contributed by atoms with E-state index in [0.29, 0.717) is 6.54 Å². The Bertz CT molecular complexity index is 3410. The fraction of sp³-hybridized carbons (Fsp3) is 0.0351. The van der Waals surface area contributed by atoms with Crippen LogP contribution in [0.25, 0.3) is 82.1 Å². The number of para-hydroxylation sites is 1. The Morgan fingerprint density at radius 2 is 1.08 bits per heavy atom. The van der Waals surface area contributed by atoms with Gasteiger partial charge in [0.2, 0.25) is 0 Å². The second kappa shape index (κ2) is 14.9. The van der Waals surface area contributed by atoms with Crippen LogP contribution in [-0.2, 0) is 6.54 Å². The average Bonchev–Trinajstić information content (AvgIpc) is 3.67. The number of hydrogen-bond acceptors (Lipinski definition) is 2. The Morgan fingerprint density at radius 3 is 1.87 bits per heavy atom. The van der Waals surface area contributed by atoms with Crippen LogP contribution in [0.2, 0.25) is 0 Å². The van der Waals surface area contributed by atoms with Gasteiger partial charge in [-0.1, -0.05) is 182 Å². The van der Waals surface area contributed by atoms with Gasteiger partial charge in [0, 0.05) is 40.3 Å². The molecule has 11 rings (SSSR count). The third-order valence-electron chi connectivity index (χ3n) is 12.1. The second-order valence-electron chi connectivity index (χ2n) is 15.5. The fourth-order valence-electron chi connectivity index (χ4n) is 9.21. The minimum atomic E-state index is 0.543. The molecule has 0 atom stereocenters. The maximum atomic E-state index is 5.35. The van der Waals surface area contributed by atoms with Crippen LogP contribution < -0.4 is 5.32 Å². The van der Waals surface area contributed by atoms with Crippen LogP contribution in [0.4, 0.5) is 5.69 Å². The van der Waals surface area contributed by atoms with Crippen molar-refractivity contribution in [3.8, 4) is 27.9 Å².